The Bertz CT molecular complexity index is 701. The molecule has 0 spiro atoms. The topological polar surface area (TPSA) is 58.6 Å². The standard InChI is InChI=1S/C20H23NO3/c1-15(24-18-9-3-2-4-10-18)19(22)21-14-20(23)12-11-16-7-5-6-8-17(16)13-20/h2-10,15,23H,11-14H2,1H3,(H,21,22)/t15-,20+/m1/s1. The molecule has 0 fully saturated rings. The van der Waals surface area contributed by atoms with Gasteiger partial charge in [-0.05, 0) is 43.0 Å². The number of ether oxygens (including phenoxy) is 1. The van der Waals surface area contributed by atoms with Crippen LogP contribution in [0.25, 0.3) is 0 Å². The highest BCUT2D eigenvalue weighted by molar-refractivity contribution is 5.80. The lowest BCUT2D eigenvalue weighted by Crippen LogP contribution is -2.49. The quantitative estimate of drug-likeness (QED) is 0.888. The second-order valence-electron chi connectivity index (χ2n) is 6.46. The van der Waals surface area contributed by atoms with Gasteiger partial charge >= 0.3 is 0 Å². The fourth-order valence-corrected chi connectivity index (χ4v) is 3.09. The third-order valence-electron chi connectivity index (χ3n) is 4.51. The number of fused-ring (bicyclic) bond motifs is 1. The predicted molar refractivity (Wildman–Crippen MR) is 93.0 cm³/mol. The minimum absolute atomic E-state index is 0.217. The molecular formula is C20H23NO3. The maximum atomic E-state index is 12.2. The first-order chi connectivity index (χ1) is 11.6. The van der Waals surface area contributed by atoms with E-state index in [1.807, 2.05) is 48.5 Å². The van der Waals surface area contributed by atoms with E-state index in [1.54, 1.807) is 6.92 Å². The number of hydrogen-bond acceptors (Lipinski definition) is 3. The number of benzene rings is 2. The van der Waals surface area contributed by atoms with Crippen molar-refractivity contribution in [3.63, 3.8) is 0 Å². The first-order valence-electron chi connectivity index (χ1n) is 8.34. The van der Waals surface area contributed by atoms with Gasteiger partial charge in [0.25, 0.3) is 5.91 Å². The highest BCUT2D eigenvalue weighted by atomic mass is 16.5. The summed E-state index contributed by atoms with van der Waals surface area (Å²) in [5, 5.41) is 13.6. The smallest absolute Gasteiger partial charge is 0.260 e. The molecule has 4 nitrogen and oxygen atoms in total. The summed E-state index contributed by atoms with van der Waals surface area (Å²) in [6.07, 6.45) is 1.45. The molecule has 0 bridgehead atoms. The Morgan fingerprint density at radius 2 is 1.83 bits per heavy atom. The zero-order valence-electron chi connectivity index (χ0n) is 13.9. The van der Waals surface area contributed by atoms with Gasteiger partial charge < -0.3 is 15.2 Å². The summed E-state index contributed by atoms with van der Waals surface area (Å²) in [4.78, 5) is 12.2. The van der Waals surface area contributed by atoms with Crippen molar-refractivity contribution in [3.8, 4) is 5.75 Å². The molecule has 3 rings (SSSR count). The zero-order chi connectivity index (χ0) is 17.0. The molecule has 0 saturated heterocycles. The van der Waals surface area contributed by atoms with Crippen LogP contribution in [0.2, 0.25) is 0 Å². The van der Waals surface area contributed by atoms with E-state index in [0.29, 0.717) is 18.6 Å². The van der Waals surface area contributed by atoms with Crippen LogP contribution < -0.4 is 10.1 Å². The Labute approximate surface area is 142 Å². The van der Waals surface area contributed by atoms with E-state index in [9.17, 15) is 9.90 Å². The number of para-hydroxylation sites is 1. The maximum absolute atomic E-state index is 12.2. The molecule has 1 aliphatic rings. The van der Waals surface area contributed by atoms with Gasteiger partial charge in [0, 0.05) is 13.0 Å². The number of rotatable bonds is 5. The van der Waals surface area contributed by atoms with Crippen molar-refractivity contribution >= 4 is 5.91 Å². The van der Waals surface area contributed by atoms with Gasteiger partial charge in [0.15, 0.2) is 6.10 Å². The molecule has 24 heavy (non-hydrogen) atoms. The van der Waals surface area contributed by atoms with Crippen LogP contribution in [0.15, 0.2) is 54.6 Å². The molecule has 2 aromatic rings. The van der Waals surface area contributed by atoms with Crippen molar-refractivity contribution < 1.29 is 14.6 Å². The van der Waals surface area contributed by atoms with E-state index >= 15 is 0 Å². The lowest BCUT2D eigenvalue weighted by Gasteiger charge is -2.34. The maximum Gasteiger partial charge on any atom is 0.260 e. The molecule has 4 heteroatoms. The van der Waals surface area contributed by atoms with E-state index in [-0.39, 0.29) is 12.5 Å². The predicted octanol–water partition coefficient (Wildman–Crippen LogP) is 2.49. The van der Waals surface area contributed by atoms with E-state index in [0.717, 1.165) is 12.0 Å². The van der Waals surface area contributed by atoms with Crippen molar-refractivity contribution in [2.45, 2.75) is 37.9 Å². The van der Waals surface area contributed by atoms with Crippen LogP contribution in [0.5, 0.6) is 5.75 Å². The molecule has 1 aliphatic carbocycles. The Morgan fingerprint density at radius 1 is 1.17 bits per heavy atom. The van der Waals surface area contributed by atoms with Gasteiger partial charge in [-0.1, -0.05) is 42.5 Å². The van der Waals surface area contributed by atoms with Gasteiger partial charge in [-0.2, -0.15) is 0 Å². The van der Waals surface area contributed by atoms with Gasteiger partial charge in [-0.15, -0.1) is 0 Å². The molecule has 0 heterocycles. The SMILES string of the molecule is C[C@@H](Oc1ccccc1)C(=O)NC[C@]1(O)CCc2ccccc2C1. The van der Waals surface area contributed by atoms with E-state index in [2.05, 4.69) is 11.4 Å². The highest BCUT2D eigenvalue weighted by Gasteiger charge is 2.32. The van der Waals surface area contributed by atoms with E-state index in [4.69, 9.17) is 4.74 Å². The molecule has 0 radical (unpaired) electrons. The van der Waals surface area contributed by atoms with Gasteiger partial charge in [-0.3, -0.25) is 4.79 Å². The monoisotopic (exact) mass is 325 g/mol. The number of amides is 1. The van der Waals surface area contributed by atoms with Crippen LogP contribution in [0.1, 0.15) is 24.5 Å². The summed E-state index contributed by atoms with van der Waals surface area (Å²) >= 11 is 0. The summed E-state index contributed by atoms with van der Waals surface area (Å²) in [5.41, 5.74) is 1.56. The normalized spacial score (nSPS) is 20.8. The van der Waals surface area contributed by atoms with Crippen LogP contribution in [0, 0.1) is 0 Å². The van der Waals surface area contributed by atoms with Gasteiger partial charge in [0.1, 0.15) is 5.75 Å². The van der Waals surface area contributed by atoms with Crippen LogP contribution in [-0.4, -0.2) is 29.3 Å². The Morgan fingerprint density at radius 3 is 2.58 bits per heavy atom. The summed E-state index contributed by atoms with van der Waals surface area (Å²) in [5.74, 6) is 0.441. The molecule has 1 amide bonds. The van der Waals surface area contributed by atoms with Crippen LogP contribution >= 0.6 is 0 Å². The molecule has 2 aromatic carbocycles. The first-order valence-corrected chi connectivity index (χ1v) is 8.34. The summed E-state index contributed by atoms with van der Waals surface area (Å²) in [6.45, 7) is 1.95. The van der Waals surface area contributed by atoms with E-state index in [1.165, 1.54) is 5.56 Å². The number of aliphatic hydroxyl groups is 1. The number of aryl methyl sites for hydroxylation is 1. The zero-order valence-corrected chi connectivity index (χ0v) is 13.9. The third kappa shape index (κ3) is 3.95. The summed E-state index contributed by atoms with van der Waals surface area (Å²) in [6, 6.07) is 17.4. The van der Waals surface area contributed by atoms with Gasteiger partial charge in [0.05, 0.1) is 5.60 Å². The minimum atomic E-state index is -0.892. The number of hydrogen-bond donors (Lipinski definition) is 2. The number of carbonyl (C=O) groups is 1. The number of nitrogens with one attached hydrogen (secondary N) is 1. The molecular weight excluding hydrogens is 302 g/mol. The Hall–Kier alpha value is -2.33. The van der Waals surface area contributed by atoms with E-state index < -0.39 is 11.7 Å². The highest BCUT2D eigenvalue weighted by Crippen LogP contribution is 2.28. The molecule has 2 N–H and O–H groups in total. The molecule has 0 aliphatic heterocycles. The van der Waals surface area contributed by atoms with Gasteiger partial charge in [0.2, 0.25) is 0 Å². The minimum Gasteiger partial charge on any atom is -0.481 e. The fourth-order valence-electron chi connectivity index (χ4n) is 3.09. The lowest BCUT2D eigenvalue weighted by molar-refractivity contribution is -0.128. The molecule has 0 unspecified atom stereocenters. The van der Waals surface area contributed by atoms with Crippen LogP contribution in [-0.2, 0) is 17.6 Å². The second kappa shape index (κ2) is 7.05. The van der Waals surface area contributed by atoms with Crippen molar-refractivity contribution in [1.29, 1.82) is 0 Å². The molecule has 0 saturated carbocycles. The fraction of sp³-hybridized carbons (Fsp3) is 0.350. The largest absolute Gasteiger partial charge is 0.481 e. The lowest BCUT2D eigenvalue weighted by atomic mass is 9.80. The van der Waals surface area contributed by atoms with Gasteiger partial charge in [-0.25, -0.2) is 0 Å². The first kappa shape index (κ1) is 16.5. The Kier molecular flexibility index (Phi) is 4.86. The summed E-state index contributed by atoms with van der Waals surface area (Å²) < 4.78 is 5.61. The van der Waals surface area contributed by atoms with Crippen LogP contribution in [0.4, 0.5) is 0 Å². The second-order valence-corrected chi connectivity index (χ2v) is 6.46. The average Bonchev–Trinajstić information content (AvgIpc) is 2.60. The number of carbonyl (C=O) groups excluding carboxylic acids is 1. The Balaban J connectivity index is 1.54. The van der Waals surface area contributed by atoms with Crippen LogP contribution in [0.3, 0.4) is 0 Å². The van der Waals surface area contributed by atoms with Crippen molar-refractivity contribution in [2.24, 2.45) is 0 Å². The third-order valence-corrected chi connectivity index (χ3v) is 4.51. The summed E-state index contributed by atoms with van der Waals surface area (Å²) in [7, 11) is 0. The molecule has 126 valence electrons. The van der Waals surface area contributed by atoms with Crippen molar-refractivity contribution in [2.75, 3.05) is 6.54 Å². The average molecular weight is 325 g/mol. The molecule has 0 aromatic heterocycles. The van der Waals surface area contributed by atoms with Crippen molar-refractivity contribution in [3.05, 3.63) is 65.7 Å². The molecule has 2 atom stereocenters. The van der Waals surface area contributed by atoms with Crippen molar-refractivity contribution in [1.82, 2.24) is 5.32 Å².